The highest BCUT2D eigenvalue weighted by Gasteiger charge is 2.25. The molecule has 1 aliphatic rings. The van der Waals surface area contributed by atoms with E-state index in [0.29, 0.717) is 24.4 Å². The van der Waals surface area contributed by atoms with Crippen molar-refractivity contribution in [2.24, 2.45) is 0 Å². The van der Waals surface area contributed by atoms with E-state index in [1.54, 1.807) is 18.3 Å². The van der Waals surface area contributed by atoms with Crippen LogP contribution in [-0.2, 0) is 9.53 Å². The predicted octanol–water partition coefficient (Wildman–Crippen LogP) is 1.87. The third-order valence-electron chi connectivity index (χ3n) is 3.60. The lowest BCUT2D eigenvalue weighted by atomic mass is 10.1. The van der Waals surface area contributed by atoms with Gasteiger partial charge in [-0.2, -0.15) is 0 Å². The molecule has 2 N–H and O–H groups in total. The maximum atomic E-state index is 12.0. The Balaban J connectivity index is 2.15. The molecule has 22 heavy (non-hydrogen) atoms. The van der Waals surface area contributed by atoms with Crippen molar-refractivity contribution in [2.75, 3.05) is 26.7 Å². The van der Waals surface area contributed by atoms with E-state index in [1.165, 1.54) is 4.88 Å². The lowest BCUT2D eigenvalue weighted by molar-refractivity contribution is -0.138. The normalized spacial score (nSPS) is 16.3. The van der Waals surface area contributed by atoms with Crippen LogP contribution in [0.25, 0.3) is 0 Å². The Kier molecular flexibility index (Phi) is 5.57. The molecule has 1 aromatic heterocycles. The summed E-state index contributed by atoms with van der Waals surface area (Å²) in [5.74, 6) is -0.387. The van der Waals surface area contributed by atoms with Crippen molar-refractivity contribution < 1.29 is 14.3 Å². The molecule has 2 heterocycles. The fourth-order valence-corrected chi connectivity index (χ4v) is 3.06. The average Bonchev–Trinajstić information content (AvgIpc) is 3.00. The van der Waals surface area contributed by atoms with Crippen LogP contribution in [0, 0.1) is 0 Å². The number of carbonyl (C=O) groups excluding carboxylic acids is 2. The van der Waals surface area contributed by atoms with Crippen LogP contribution in [0.15, 0.2) is 28.8 Å². The van der Waals surface area contributed by atoms with E-state index in [1.807, 2.05) is 18.5 Å². The minimum absolute atomic E-state index is 0.196. The first-order valence-electron chi connectivity index (χ1n) is 7.20. The standard InChI is InChI=1S/C15H21N3O3S/c1-4-21-14(19)11-8-16-15(20)17-12(11)9-18(3)10(2)13-6-5-7-22-13/h5-7,10H,4,8-9H2,1-3H3,(H2,16,17,20). The number of nitrogens with zero attached hydrogens (tertiary/aromatic N) is 1. The summed E-state index contributed by atoms with van der Waals surface area (Å²) in [6, 6.07) is 4.00. The van der Waals surface area contributed by atoms with Crippen LogP contribution in [0.2, 0.25) is 0 Å². The number of ether oxygens (including phenoxy) is 1. The molecule has 120 valence electrons. The predicted molar refractivity (Wildman–Crippen MR) is 85.6 cm³/mol. The number of likely N-dealkylation sites (N-methyl/N-ethyl adjacent to an activating group) is 1. The first-order valence-corrected chi connectivity index (χ1v) is 8.08. The molecule has 0 aliphatic carbocycles. The van der Waals surface area contributed by atoms with Gasteiger partial charge in [0, 0.05) is 23.2 Å². The summed E-state index contributed by atoms with van der Waals surface area (Å²) < 4.78 is 5.06. The molecule has 0 saturated heterocycles. The number of amides is 2. The van der Waals surface area contributed by atoms with Gasteiger partial charge in [-0.1, -0.05) is 6.07 Å². The van der Waals surface area contributed by atoms with Gasteiger partial charge >= 0.3 is 12.0 Å². The first kappa shape index (κ1) is 16.5. The summed E-state index contributed by atoms with van der Waals surface area (Å²) >= 11 is 1.69. The molecule has 0 saturated carbocycles. The summed E-state index contributed by atoms with van der Waals surface area (Å²) in [4.78, 5) is 26.9. The molecular formula is C15H21N3O3S. The first-order chi connectivity index (χ1) is 10.5. The monoisotopic (exact) mass is 323 g/mol. The molecule has 1 aliphatic heterocycles. The second-order valence-electron chi connectivity index (χ2n) is 5.09. The molecule has 0 fully saturated rings. The number of nitrogens with one attached hydrogen (secondary N) is 2. The minimum atomic E-state index is -0.387. The number of urea groups is 1. The van der Waals surface area contributed by atoms with Crippen molar-refractivity contribution in [2.45, 2.75) is 19.9 Å². The SMILES string of the molecule is CCOC(=O)C1=C(CN(C)C(C)c2cccs2)NC(=O)NC1. The Morgan fingerprint density at radius 3 is 2.95 bits per heavy atom. The van der Waals surface area contributed by atoms with E-state index in [9.17, 15) is 9.59 Å². The molecule has 7 heteroatoms. The molecule has 2 amide bonds. The molecule has 0 radical (unpaired) electrons. The fourth-order valence-electron chi connectivity index (χ4n) is 2.21. The Labute approximate surface area is 134 Å². The third-order valence-corrected chi connectivity index (χ3v) is 4.64. The van der Waals surface area contributed by atoms with Gasteiger partial charge in [0.25, 0.3) is 0 Å². The molecule has 1 unspecified atom stereocenters. The Morgan fingerprint density at radius 1 is 1.55 bits per heavy atom. The van der Waals surface area contributed by atoms with Crippen molar-refractivity contribution in [1.82, 2.24) is 15.5 Å². The molecule has 0 aromatic carbocycles. The minimum Gasteiger partial charge on any atom is -0.463 e. The van der Waals surface area contributed by atoms with Gasteiger partial charge in [-0.3, -0.25) is 4.90 Å². The third kappa shape index (κ3) is 3.86. The van der Waals surface area contributed by atoms with Gasteiger partial charge in [-0.15, -0.1) is 11.3 Å². The van der Waals surface area contributed by atoms with Crippen molar-refractivity contribution in [3.05, 3.63) is 33.7 Å². The zero-order chi connectivity index (χ0) is 16.1. The van der Waals surface area contributed by atoms with Crippen molar-refractivity contribution in [3.63, 3.8) is 0 Å². The summed E-state index contributed by atoms with van der Waals surface area (Å²) in [5, 5.41) is 7.37. The van der Waals surface area contributed by atoms with E-state index < -0.39 is 0 Å². The van der Waals surface area contributed by atoms with Crippen molar-refractivity contribution >= 4 is 23.3 Å². The molecule has 1 atom stereocenters. The second-order valence-corrected chi connectivity index (χ2v) is 6.07. The number of hydrogen-bond donors (Lipinski definition) is 2. The highest BCUT2D eigenvalue weighted by Crippen LogP contribution is 2.24. The molecule has 0 bridgehead atoms. The van der Waals surface area contributed by atoms with Gasteiger partial charge in [0.15, 0.2) is 0 Å². The van der Waals surface area contributed by atoms with E-state index in [0.717, 1.165) is 0 Å². The summed E-state index contributed by atoms with van der Waals surface area (Å²) in [6.07, 6.45) is 0. The largest absolute Gasteiger partial charge is 0.463 e. The van der Waals surface area contributed by atoms with Gasteiger partial charge < -0.3 is 15.4 Å². The lowest BCUT2D eigenvalue weighted by Crippen LogP contribution is -2.46. The van der Waals surface area contributed by atoms with Gasteiger partial charge in [0.05, 0.1) is 18.7 Å². The lowest BCUT2D eigenvalue weighted by Gasteiger charge is -2.28. The maximum absolute atomic E-state index is 12.0. The van der Waals surface area contributed by atoms with Crippen LogP contribution in [-0.4, -0.2) is 43.6 Å². The topological polar surface area (TPSA) is 70.7 Å². The van der Waals surface area contributed by atoms with Crippen LogP contribution in [0.3, 0.4) is 0 Å². The highest BCUT2D eigenvalue weighted by molar-refractivity contribution is 7.10. The number of carbonyl (C=O) groups is 2. The second kappa shape index (κ2) is 7.42. The van der Waals surface area contributed by atoms with Crippen LogP contribution in [0.4, 0.5) is 4.79 Å². The number of thiophene rings is 1. The van der Waals surface area contributed by atoms with E-state index in [4.69, 9.17) is 4.74 Å². The van der Waals surface area contributed by atoms with Crippen molar-refractivity contribution in [3.8, 4) is 0 Å². The number of hydrogen-bond acceptors (Lipinski definition) is 5. The van der Waals surface area contributed by atoms with Gasteiger partial charge in [-0.25, -0.2) is 9.59 Å². The molecule has 0 spiro atoms. The van der Waals surface area contributed by atoms with E-state index >= 15 is 0 Å². The number of rotatable bonds is 6. The Morgan fingerprint density at radius 2 is 2.32 bits per heavy atom. The average molecular weight is 323 g/mol. The fraction of sp³-hybridized carbons (Fsp3) is 0.467. The van der Waals surface area contributed by atoms with Gasteiger partial charge in [0.2, 0.25) is 0 Å². The Bertz CT molecular complexity index is 569. The molecule has 1 aromatic rings. The van der Waals surface area contributed by atoms with E-state index in [-0.39, 0.29) is 24.6 Å². The zero-order valence-corrected chi connectivity index (χ0v) is 13.8. The van der Waals surface area contributed by atoms with Gasteiger partial charge in [-0.05, 0) is 32.3 Å². The summed E-state index contributed by atoms with van der Waals surface area (Å²) in [7, 11) is 1.97. The highest BCUT2D eigenvalue weighted by atomic mass is 32.1. The quantitative estimate of drug-likeness (QED) is 0.784. The molecule has 6 nitrogen and oxygen atoms in total. The van der Waals surface area contributed by atoms with Crippen LogP contribution >= 0.6 is 11.3 Å². The molecule has 2 rings (SSSR count). The zero-order valence-electron chi connectivity index (χ0n) is 13.0. The van der Waals surface area contributed by atoms with Gasteiger partial charge in [0.1, 0.15) is 0 Å². The van der Waals surface area contributed by atoms with Crippen LogP contribution < -0.4 is 10.6 Å². The van der Waals surface area contributed by atoms with Crippen LogP contribution in [0.5, 0.6) is 0 Å². The number of esters is 1. The molecular weight excluding hydrogens is 302 g/mol. The van der Waals surface area contributed by atoms with Crippen molar-refractivity contribution in [1.29, 1.82) is 0 Å². The summed E-state index contributed by atoms with van der Waals surface area (Å²) in [6.45, 7) is 4.84. The van der Waals surface area contributed by atoms with Crippen LogP contribution in [0.1, 0.15) is 24.8 Å². The maximum Gasteiger partial charge on any atom is 0.337 e. The Hall–Kier alpha value is -1.86. The summed E-state index contributed by atoms with van der Waals surface area (Å²) in [5.41, 5.74) is 1.08. The smallest absolute Gasteiger partial charge is 0.337 e. The van der Waals surface area contributed by atoms with E-state index in [2.05, 4.69) is 28.5 Å².